The van der Waals surface area contributed by atoms with Crippen molar-refractivity contribution in [2.24, 2.45) is 5.92 Å². The number of amides is 1. The summed E-state index contributed by atoms with van der Waals surface area (Å²) in [5, 5.41) is 11.2. The van der Waals surface area contributed by atoms with Crippen molar-refractivity contribution >= 4 is 12.1 Å². The second-order valence-corrected chi connectivity index (χ2v) is 4.17. The summed E-state index contributed by atoms with van der Waals surface area (Å²) in [5.41, 5.74) is 0. The Labute approximate surface area is 96.2 Å². The number of ether oxygens (including phenoxy) is 1. The van der Waals surface area contributed by atoms with Crippen LogP contribution in [0.2, 0.25) is 0 Å². The van der Waals surface area contributed by atoms with E-state index >= 15 is 0 Å². The molecule has 2 N–H and O–H groups in total. The first-order valence-corrected chi connectivity index (χ1v) is 5.63. The molecule has 0 aromatic rings. The topological polar surface area (TPSA) is 75.6 Å². The van der Waals surface area contributed by atoms with Gasteiger partial charge >= 0.3 is 12.1 Å². The van der Waals surface area contributed by atoms with Crippen molar-refractivity contribution < 1.29 is 19.4 Å². The number of carboxylic acids is 1. The average Bonchev–Trinajstić information content (AvgIpc) is 2.20. The number of carboxylic acid groups (broad SMARTS) is 1. The Bertz CT molecular complexity index is 228. The van der Waals surface area contributed by atoms with Crippen LogP contribution in [0.4, 0.5) is 4.79 Å². The van der Waals surface area contributed by atoms with Crippen molar-refractivity contribution in [3.05, 3.63) is 0 Å². The quantitative estimate of drug-likeness (QED) is 0.702. The minimum atomic E-state index is -1.02. The van der Waals surface area contributed by atoms with E-state index in [0.29, 0.717) is 13.0 Å². The highest BCUT2D eigenvalue weighted by Crippen LogP contribution is 2.02. The van der Waals surface area contributed by atoms with E-state index in [1.165, 1.54) is 0 Å². The zero-order valence-electron chi connectivity index (χ0n) is 10.2. The average molecular weight is 231 g/mol. The van der Waals surface area contributed by atoms with Gasteiger partial charge in [0.15, 0.2) is 0 Å². The normalized spacial score (nSPS) is 12.2. The van der Waals surface area contributed by atoms with Crippen LogP contribution in [0.3, 0.4) is 0 Å². The summed E-state index contributed by atoms with van der Waals surface area (Å²) in [7, 11) is 0. The maximum Gasteiger partial charge on any atom is 0.407 e. The summed E-state index contributed by atoms with van der Waals surface area (Å²) < 4.78 is 4.85. The highest BCUT2D eigenvalue weighted by Gasteiger charge is 2.19. The standard InChI is InChI=1S/C11H21NO4/c1-4-5-6-9(10(13)14)12-11(15)16-7-8(2)3/h8-9H,4-7H2,1-3H3,(H,12,15)(H,13,14). The van der Waals surface area contributed by atoms with Crippen molar-refractivity contribution in [2.45, 2.75) is 46.1 Å². The Morgan fingerprint density at radius 2 is 2.00 bits per heavy atom. The molecule has 1 atom stereocenters. The van der Waals surface area contributed by atoms with Gasteiger partial charge in [-0.25, -0.2) is 9.59 Å². The lowest BCUT2D eigenvalue weighted by molar-refractivity contribution is -0.139. The Hall–Kier alpha value is -1.26. The molecule has 0 aliphatic rings. The van der Waals surface area contributed by atoms with E-state index in [1.54, 1.807) is 0 Å². The highest BCUT2D eigenvalue weighted by atomic mass is 16.5. The van der Waals surface area contributed by atoms with Gasteiger partial charge in [0.2, 0.25) is 0 Å². The minimum absolute atomic E-state index is 0.240. The van der Waals surface area contributed by atoms with Gasteiger partial charge in [-0.15, -0.1) is 0 Å². The van der Waals surface area contributed by atoms with Crippen LogP contribution in [0.1, 0.15) is 40.0 Å². The third-order valence-electron chi connectivity index (χ3n) is 1.98. The highest BCUT2D eigenvalue weighted by molar-refractivity contribution is 5.79. The SMILES string of the molecule is CCCCC(NC(=O)OCC(C)C)C(=O)O. The van der Waals surface area contributed by atoms with Crippen molar-refractivity contribution in [1.29, 1.82) is 0 Å². The first-order valence-electron chi connectivity index (χ1n) is 5.63. The molecule has 5 heteroatoms. The number of nitrogens with one attached hydrogen (secondary N) is 1. The summed E-state index contributed by atoms with van der Waals surface area (Å²) in [6.07, 6.45) is 1.44. The Balaban J connectivity index is 3.98. The third kappa shape index (κ3) is 7.09. The largest absolute Gasteiger partial charge is 0.480 e. The number of aliphatic carboxylic acids is 1. The van der Waals surface area contributed by atoms with Crippen LogP contribution in [-0.4, -0.2) is 29.8 Å². The van der Waals surface area contributed by atoms with Gasteiger partial charge in [-0.1, -0.05) is 33.6 Å². The third-order valence-corrected chi connectivity index (χ3v) is 1.98. The van der Waals surface area contributed by atoms with E-state index in [0.717, 1.165) is 12.8 Å². The number of unbranched alkanes of at least 4 members (excludes halogenated alkanes) is 1. The fourth-order valence-corrected chi connectivity index (χ4v) is 1.09. The number of hydrogen-bond acceptors (Lipinski definition) is 3. The van der Waals surface area contributed by atoms with Crippen LogP contribution >= 0.6 is 0 Å². The smallest absolute Gasteiger partial charge is 0.407 e. The molecule has 1 unspecified atom stereocenters. The fourth-order valence-electron chi connectivity index (χ4n) is 1.09. The molecule has 0 saturated carbocycles. The maximum atomic E-state index is 11.2. The zero-order valence-corrected chi connectivity index (χ0v) is 10.2. The molecule has 0 heterocycles. The van der Waals surface area contributed by atoms with Crippen LogP contribution in [0.5, 0.6) is 0 Å². The Morgan fingerprint density at radius 3 is 2.44 bits per heavy atom. The van der Waals surface area contributed by atoms with E-state index < -0.39 is 18.1 Å². The Morgan fingerprint density at radius 1 is 1.38 bits per heavy atom. The van der Waals surface area contributed by atoms with Crippen LogP contribution in [0.25, 0.3) is 0 Å². The molecular weight excluding hydrogens is 210 g/mol. The second-order valence-electron chi connectivity index (χ2n) is 4.17. The molecule has 0 rings (SSSR count). The van der Waals surface area contributed by atoms with Crippen LogP contribution < -0.4 is 5.32 Å². The Kier molecular flexibility index (Phi) is 7.33. The van der Waals surface area contributed by atoms with Gasteiger partial charge < -0.3 is 15.2 Å². The number of alkyl carbamates (subject to hydrolysis) is 1. The van der Waals surface area contributed by atoms with Gasteiger partial charge in [-0.2, -0.15) is 0 Å². The minimum Gasteiger partial charge on any atom is -0.480 e. The second kappa shape index (κ2) is 7.96. The van der Waals surface area contributed by atoms with Crippen LogP contribution in [-0.2, 0) is 9.53 Å². The number of carbonyl (C=O) groups excluding carboxylic acids is 1. The molecule has 0 aliphatic heterocycles. The molecule has 0 aliphatic carbocycles. The predicted molar refractivity (Wildman–Crippen MR) is 60.3 cm³/mol. The lowest BCUT2D eigenvalue weighted by Gasteiger charge is -2.14. The summed E-state index contributed by atoms with van der Waals surface area (Å²) in [4.78, 5) is 22.0. The van der Waals surface area contributed by atoms with Gasteiger partial charge in [0.05, 0.1) is 6.61 Å². The number of carbonyl (C=O) groups is 2. The molecule has 0 spiro atoms. The van der Waals surface area contributed by atoms with E-state index in [9.17, 15) is 9.59 Å². The van der Waals surface area contributed by atoms with Crippen LogP contribution in [0, 0.1) is 5.92 Å². The zero-order chi connectivity index (χ0) is 12.6. The molecule has 1 amide bonds. The van der Waals surface area contributed by atoms with Crippen molar-refractivity contribution in [2.75, 3.05) is 6.61 Å². The summed E-state index contributed by atoms with van der Waals surface area (Å²) in [5.74, 6) is -0.778. The molecular formula is C11H21NO4. The maximum absolute atomic E-state index is 11.2. The summed E-state index contributed by atoms with van der Waals surface area (Å²) >= 11 is 0. The van der Waals surface area contributed by atoms with Gasteiger partial charge in [0, 0.05) is 0 Å². The molecule has 0 saturated heterocycles. The molecule has 0 fully saturated rings. The lowest BCUT2D eigenvalue weighted by Crippen LogP contribution is -2.41. The summed E-state index contributed by atoms with van der Waals surface area (Å²) in [6.45, 7) is 6.10. The molecule has 94 valence electrons. The lowest BCUT2D eigenvalue weighted by atomic mass is 10.1. The van der Waals surface area contributed by atoms with Crippen molar-refractivity contribution in [3.8, 4) is 0 Å². The molecule has 0 aromatic carbocycles. The van der Waals surface area contributed by atoms with Crippen molar-refractivity contribution in [3.63, 3.8) is 0 Å². The predicted octanol–water partition coefficient (Wildman–Crippen LogP) is 2.01. The van der Waals surface area contributed by atoms with E-state index in [-0.39, 0.29) is 5.92 Å². The van der Waals surface area contributed by atoms with Gasteiger partial charge in [0.1, 0.15) is 6.04 Å². The summed E-state index contributed by atoms with van der Waals surface area (Å²) in [6, 6.07) is -0.848. The number of hydrogen-bond donors (Lipinski definition) is 2. The fraction of sp³-hybridized carbons (Fsp3) is 0.818. The van der Waals surface area contributed by atoms with E-state index in [2.05, 4.69) is 5.32 Å². The number of rotatable bonds is 7. The van der Waals surface area contributed by atoms with E-state index in [1.807, 2.05) is 20.8 Å². The molecule has 0 bridgehead atoms. The van der Waals surface area contributed by atoms with Gasteiger partial charge in [-0.05, 0) is 12.3 Å². The monoisotopic (exact) mass is 231 g/mol. The first kappa shape index (κ1) is 14.7. The first-order chi connectivity index (χ1) is 7.47. The van der Waals surface area contributed by atoms with Gasteiger partial charge in [-0.3, -0.25) is 0 Å². The van der Waals surface area contributed by atoms with Gasteiger partial charge in [0.25, 0.3) is 0 Å². The molecule has 0 radical (unpaired) electrons. The van der Waals surface area contributed by atoms with Crippen molar-refractivity contribution in [1.82, 2.24) is 5.32 Å². The molecule has 0 aromatic heterocycles. The molecule has 5 nitrogen and oxygen atoms in total. The molecule has 16 heavy (non-hydrogen) atoms. The van der Waals surface area contributed by atoms with Crippen LogP contribution in [0.15, 0.2) is 0 Å². The van der Waals surface area contributed by atoms with E-state index in [4.69, 9.17) is 9.84 Å².